The standard InChI is InChI=1S/C18H25NO2/c1-14-6-2-3-10-17(14)21-13-15-7-5-11-19(12-15)18(20)16-8-4-9-16/h2-3,6,10,15-16H,4-5,7-9,11-13H2,1H3. The van der Waals surface area contributed by atoms with Gasteiger partial charge < -0.3 is 9.64 Å². The fourth-order valence-corrected chi connectivity index (χ4v) is 3.24. The number of ether oxygens (including phenoxy) is 1. The minimum absolute atomic E-state index is 0.320. The van der Waals surface area contributed by atoms with Gasteiger partial charge in [0.1, 0.15) is 5.75 Å². The highest BCUT2D eigenvalue weighted by Crippen LogP contribution is 2.30. The topological polar surface area (TPSA) is 29.5 Å². The van der Waals surface area contributed by atoms with E-state index in [-0.39, 0.29) is 0 Å². The molecule has 2 fully saturated rings. The lowest BCUT2D eigenvalue weighted by Gasteiger charge is -2.37. The van der Waals surface area contributed by atoms with Crippen LogP contribution < -0.4 is 4.74 Å². The number of nitrogens with zero attached hydrogens (tertiary/aromatic N) is 1. The molecule has 1 amide bonds. The highest BCUT2D eigenvalue weighted by atomic mass is 16.5. The number of amides is 1. The molecule has 1 saturated heterocycles. The molecule has 1 saturated carbocycles. The van der Waals surface area contributed by atoms with Crippen molar-refractivity contribution in [3.8, 4) is 5.75 Å². The number of carbonyl (C=O) groups excluding carboxylic acids is 1. The average molecular weight is 287 g/mol. The summed E-state index contributed by atoms with van der Waals surface area (Å²) in [5.74, 6) is 2.16. The molecule has 0 spiro atoms. The van der Waals surface area contributed by atoms with Crippen molar-refractivity contribution >= 4 is 5.91 Å². The van der Waals surface area contributed by atoms with Crippen LogP contribution >= 0.6 is 0 Å². The lowest BCUT2D eigenvalue weighted by molar-refractivity contribution is -0.140. The average Bonchev–Trinajstić information content (AvgIpc) is 2.45. The van der Waals surface area contributed by atoms with Crippen LogP contribution in [0.3, 0.4) is 0 Å². The van der Waals surface area contributed by atoms with Gasteiger partial charge in [-0.15, -0.1) is 0 Å². The van der Waals surface area contributed by atoms with E-state index in [2.05, 4.69) is 17.9 Å². The molecule has 1 unspecified atom stereocenters. The van der Waals surface area contributed by atoms with E-state index in [0.717, 1.165) is 44.7 Å². The van der Waals surface area contributed by atoms with Crippen LogP contribution in [0.1, 0.15) is 37.7 Å². The molecule has 1 aliphatic carbocycles. The van der Waals surface area contributed by atoms with Crippen molar-refractivity contribution in [2.75, 3.05) is 19.7 Å². The van der Waals surface area contributed by atoms with Crippen molar-refractivity contribution in [2.24, 2.45) is 11.8 Å². The van der Waals surface area contributed by atoms with Crippen molar-refractivity contribution in [2.45, 2.75) is 39.0 Å². The van der Waals surface area contributed by atoms with Crippen LogP contribution in [0.2, 0.25) is 0 Å². The Morgan fingerprint density at radius 1 is 1.24 bits per heavy atom. The van der Waals surface area contributed by atoms with E-state index in [9.17, 15) is 4.79 Å². The maximum atomic E-state index is 12.3. The molecule has 3 nitrogen and oxygen atoms in total. The Morgan fingerprint density at radius 2 is 2.05 bits per heavy atom. The van der Waals surface area contributed by atoms with Crippen molar-refractivity contribution in [3.05, 3.63) is 29.8 Å². The minimum atomic E-state index is 0.320. The van der Waals surface area contributed by atoms with E-state index in [1.807, 2.05) is 18.2 Å². The molecule has 0 bridgehead atoms. The Kier molecular flexibility index (Phi) is 4.47. The fraction of sp³-hybridized carbons (Fsp3) is 0.611. The first-order chi connectivity index (χ1) is 10.2. The summed E-state index contributed by atoms with van der Waals surface area (Å²) >= 11 is 0. The molecule has 1 aliphatic heterocycles. The third-order valence-electron chi connectivity index (χ3n) is 4.85. The second kappa shape index (κ2) is 6.50. The Hall–Kier alpha value is -1.51. The SMILES string of the molecule is Cc1ccccc1OCC1CCCN(C(=O)C2CCC2)C1. The largest absolute Gasteiger partial charge is 0.493 e. The molecule has 21 heavy (non-hydrogen) atoms. The zero-order valence-electron chi connectivity index (χ0n) is 12.9. The number of likely N-dealkylation sites (tertiary alicyclic amines) is 1. The number of piperidine rings is 1. The second-order valence-corrected chi connectivity index (χ2v) is 6.50. The van der Waals surface area contributed by atoms with E-state index in [1.165, 1.54) is 18.4 Å². The number of carbonyl (C=O) groups is 1. The Balaban J connectivity index is 1.51. The fourth-order valence-electron chi connectivity index (χ4n) is 3.24. The molecule has 1 heterocycles. The quantitative estimate of drug-likeness (QED) is 0.849. The van der Waals surface area contributed by atoms with Gasteiger partial charge in [-0.25, -0.2) is 0 Å². The maximum absolute atomic E-state index is 12.3. The molecular formula is C18H25NO2. The first kappa shape index (κ1) is 14.4. The van der Waals surface area contributed by atoms with Crippen LogP contribution in [0.5, 0.6) is 5.75 Å². The highest BCUT2D eigenvalue weighted by molar-refractivity contribution is 5.79. The monoisotopic (exact) mass is 287 g/mol. The predicted molar refractivity (Wildman–Crippen MR) is 83.3 cm³/mol. The Labute approximate surface area is 127 Å². The second-order valence-electron chi connectivity index (χ2n) is 6.50. The molecule has 0 N–H and O–H groups in total. The van der Waals surface area contributed by atoms with Crippen LogP contribution in [0, 0.1) is 18.8 Å². The third kappa shape index (κ3) is 3.39. The van der Waals surface area contributed by atoms with Gasteiger partial charge in [0.15, 0.2) is 0 Å². The first-order valence-electron chi connectivity index (χ1n) is 8.21. The molecule has 1 aromatic carbocycles. The van der Waals surface area contributed by atoms with E-state index in [0.29, 0.717) is 17.7 Å². The summed E-state index contributed by atoms with van der Waals surface area (Å²) in [5.41, 5.74) is 1.18. The van der Waals surface area contributed by atoms with Crippen LogP contribution in [0.25, 0.3) is 0 Å². The Morgan fingerprint density at radius 3 is 2.76 bits per heavy atom. The number of hydrogen-bond donors (Lipinski definition) is 0. The van der Waals surface area contributed by atoms with Crippen molar-refractivity contribution in [1.29, 1.82) is 0 Å². The summed E-state index contributed by atoms with van der Waals surface area (Å²) in [4.78, 5) is 14.4. The van der Waals surface area contributed by atoms with Crippen LogP contribution in [-0.4, -0.2) is 30.5 Å². The van der Waals surface area contributed by atoms with Gasteiger partial charge in [-0.1, -0.05) is 24.6 Å². The summed E-state index contributed by atoms with van der Waals surface area (Å²) in [5, 5.41) is 0. The molecule has 3 heteroatoms. The summed E-state index contributed by atoms with van der Waals surface area (Å²) in [6, 6.07) is 8.13. The highest BCUT2D eigenvalue weighted by Gasteiger charge is 2.32. The first-order valence-corrected chi connectivity index (χ1v) is 8.21. The predicted octanol–water partition coefficient (Wildman–Crippen LogP) is 3.41. The summed E-state index contributed by atoms with van der Waals surface area (Å²) in [7, 11) is 0. The molecule has 3 rings (SSSR count). The number of rotatable bonds is 4. The van der Waals surface area contributed by atoms with Crippen molar-refractivity contribution in [3.63, 3.8) is 0 Å². The van der Waals surface area contributed by atoms with E-state index >= 15 is 0 Å². The van der Waals surface area contributed by atoms with Gasteiger partial charge in [0.25, 0.3) is 0 Å². The zero-order chi connectivity index (χ0) is 14.7. The van der Waals surface area contributed by atoms with Gasteiger partial charge in [0.05, 0.1) is 6.61 Å². The number of aryl methyl sites for hydroxylation is 1. The molecule has 2 aliphatic rings. The van der Waals surface area contributed by atoms with E-state index in [4.69, 9.17) is 4.74 Å². The smallest absolute Gasteiger partial charge is 0.225 e. The number of para-hydroxylation sites is 1. The summed E-state index contributed by atoms with van der Waals surface area (Å²) in [6.45, 7) is 4.61. The van der Waals surface area contributed by atoms with Crippen molar-refractivity contribution < 1.29 is 9.53 Å². The maximum Gasteiger partial charge on any atom is 0.225 e. The lowest BCUT2D eigenvalue weighted by atomic mass is 9.83. The molecular weight excluding hydrogens is 262 g/mol. The lowest BCUT2D eigenvalue weighted by Crippen LogP contribution is -2.45. The van der Waals surface area contributed by atoms with Crippen molar-refractivity contribution in [1.82, 2.24) is 4.90 Å². The molecule has 0 aromatic heterocycles. The normalized spacial score (nSPS) is 22.7. The third-order valence-corrected chi connectivity index (χ3v) is 4.85. The van der Waals surface area contributed by atoms with Gasteiger partial charge >= 0.3 is 0 Å². The van der Waals surface area contributed by atoms with Crippen LogP contribution in [0.15, 0.2) is 24.3 Å². The molecule has 0 radical (unpaired) electrons. The van der Waals surface area contributed by atoms with E-state index < -0.39 is 0 Å². The van der Waals surface area contributed by atoms with E-state index in [1.54, 1.807) is 0 Å². The summed E-state index contributed by atoms with van der Waals surface area (Å²) < 4.78 is 5.97. The Bertz CT molecular complexity index is 496. The van der Waals surface area contributed by atoms with Gasteiger partial charge in [-0.2, -0.15) is 0 Å². The molecule has 1 aromatic rings. The summed E-state index contributed by atoms with van der Waals surface area (Å²) in [6.07, 6.45) is 5.70. The minimum Gasteiger partial charge on any atom is -0.493 e. The van der Waals surface area contributed by atoms with Gasteiger partial charge in [0, 0.05) is 24.9 Å². The molecule has 1 atom stereocenters. The van der Waals surface area contributed by atoms with Gasteiger partial charge in [-0.3, -0.25) is 4.79 Å². The van der Waals surface area contributed by atoms with Crippen LogP contribution in [-0.2, 0) is 4.79 Å². The molecule has 114 valence electrons. The van der Waals surface area contributed by atoms with Gasteiger partial charge in [-0.05, 0) is 44.2 Å². The number of benzene rings is 1. The van der Waals surface area contributed by atoms with Gasteiger partial charge in [0.2, 0.25) is 5.91 Å². The van der Waals surface area contributed by atoms with Crippen LogP contribution in [0.4, 0.5) is 0 Å². The zero-order valence-corrected chi connectivity index (χ0v) is 12.9. The number of hydrogen-bond acceptors (Lipinski definition) is 2.